The lowest BCUT2D eigenvalue weighted by Crippen LogP contribution is -2.26. The summed E-state index contributed by atoms with van der Waals surface area (Å²) in [4.78, 5) is 0. The lowest BCUT2D eigenvalue weighted by Gasteiger charge is -2.25. The molecule has 106 valence electrons. The van der Waals surface area contributed by atoms with E-state index in [-0.39, 0.29) is 0 Å². The minimum Gasteiger partial charge on any atom is -0.491 e. The number of thioether (sulfide) groups is 1. The first kappa shape index (κ1) is 14.7. The van der Waals surface area contributed by atoms with Gasteiger partial charge in [0, 0.05) is 18.7 Å². The summed E-state index contributed by atoms with van der Waals surface area (Å²) in [5.41, 5.74) is 1.27. The van der Waals surface area contributed by atoms with Gasteiger partial charge in [0.15, 0.2) is 0 Å². The molecule has 0 amide bonds. The maximum Gasteiger partial charge on any atom is 0.124 e. The van der Waals surface area contributed by atoms with E-state index < -0.39 is 0 Å². The third-order valence-electron chi connectivity index (χ3n) is 3.55. The lowest BCUT2D eigenvalue weighted by molar-refractivity contribution is 0.145. The van der Waals surface area contributed by atoms with Crippen molar-refractivity contribution in [3.63, 3.8) is 0 Å². The molecule has 0 bridgehead atoms. The lowest BCUT2D eigenvalue weighted by atomic mass is 9.92. The van der Waals surface area contributed by atoms with Gasteiger partial charge in [0.2, 0.25) is 0 Å². The normalized spacial score (nSPS) is 20.4. The molecular weight excluding hydrogens is 258 g/mol. The first-order valence-corrected chi connectivity index (χ1v) is 7.98. The van der Waals surface area contributed by atoms with Gasteiger partial charge in [-0.2, -0.15) is 11.8 Å². The van der Waals surface area contributed by atoms with Crippen molar-refractivity contribution >= 4 is 11.8 Å². The van der Waals surface area contributed by atoms with Gasteiger partial charge in [-0.05, 0) is 37.0 Å². The summed E-state index contributed by atoms with van der Waals surface area (Å²) < 4.78 is 10.9. The highest BCUT2D eigenvalue weighted by atomic mass is 32.2. The Bertz CT molecular complexity index is 380. The number of hydrogen-bond acceptors (Lipinski definition) is 4. The van der Waals surface area contributed by atoms with Crippen molar-refractivity contribution < 1.29 is 9.47 Å². The fourth-order valence-corrected chi connectivity index (χ4v) is 3.86. The molecule has 0 spiro atoms. The van der Waals surface area contributed by atoms with Crippen molar-refractivity contribution in [1.29, 1.82) is 0 Å². The summed E-state index contributed by atoms with van der Waals surface area (Å²) in [5, 5.41) is 3.47. The quantitative estimate of drug-likeness (QED) is 0.779. The number of rotatable bonds is 7. The minimum atomic E-state index is 0.383. The minimum absolute atomic E-state index is 0.383. The van der Waals surface area contributed by atoms with Crippen molar-refractivity contribution in [2.45, 2.75) is 12.5 Å². The van der Waals surface area contributed by atoms with Crippen molar-refractivity contribution in [1.82, 2.24) is 5.32 Å². The fraction of sp³-hybridized carbons (Fsp3) is 0.600. The van der Waals surface area contributed by atoms with Gasteiger partial charge in [-0.25, -0.2) is 0 Å². The summed E-state index contributed by atoms with van der Waals surface area (Å²) in [5.74, 6) is 4.19. The molecule has 1 N–H and O–H groups in total. The Hall–Kier alpha value is -0.710. The SMILES string of the molecule is CNC(c1ccccc1OCCOC)C1CCSC1. The van der Waals surface area contributed by atoms with Gasteiger partial charge in [-0.3, -0.25) is 0 Å². The van der Waals surface area contributed by atoms with Crippen LogP contribution in [0.15, 0.2) is 24.3 Å². The predicted molar refractivity (Wildman–Crippen MR) is 81.0 cm³/mol. The smallest absolute Gasteiger partial charge is 0.124 e. The largest absolute Gasteiger partial charge is 0.491 e. The van der Waals surface area contributed by atoms with Gasteiger partial charge in [-0.15, -0.1) is 0 Å². The number of benzene rings is 1. The molecule has 0 aromatic heterocycles. The van der Waals surface area contributed by atoms with Crippen LogP contribution < -0.4 is 10.1 Å². The number of methoxy groups -OCH3 is 1. The van der Waals surface area contributed by atoms with Crippen LogP contribution in [0.2, 0.25) is 0 Å². The second kappa shape index (κ2) is 7.78. The van der Waals surface area contributed by atoms with Crippen molar-refractivity contribution in [3.8, 4) is 5.75 Å². The van der Waals surface area contributed by atoms with E-state index in [1.54, 1.807) is 7.11 Å². The predicted octanol–water partition coefficient (Wildman–Crippen LogP) is 2.73. The first-order valence-electron chi connectivity index (χ1n) is 6.82. The average Bonchev–Trinajstić information content (AvgIpc) is 2.96. The first-order chi connectivity index (χ1) is 9.36. The van der Waals surface area contributed by atoms with Crippen LogP contribution in [0.3, 0.4) is 0 Å². The van der Waals surface area contributed by atoms with Crippen LogP contribution in [0.5, 0.6) is 5.75 Å². The zero-order valence-electron chi connectivity index (χ0n) is 11.7. The van der Waals surface area contributed by atoms with E-state index in [0.717, 1.165) is 5.75 Å². The summed E-state index contributed by atoms with van der Waals surface area (Å²) >= 11 is 2.05. The third-order valence-corrected chi connectivity index (χ3v) is 4.73. The highest BCUT2D eigenvalue weighted by Gasteiger charge is 2.27. The second-order valence-electron chi connectivity index (χ2n) is 4.77. The van der Waals surface area contributed by atoms with Gasteiger partial charge in [0.05, 0.1) is 6.61 Å². The van der Waals surface area contributed by atoms with Crippen LogP contribution in [-0.2, 0) is 4.74 Å². The average molecular weight is 281 g/mol. The zero-order valence-corrected chi connectivity index (χ0v) is 12.5. The second-order valence-corrected chi connectivity index (χ2v) is 5.92. The maximum absolute atomic E-state index is 5.85. The Morgan fingerprint density at radius 1 is 1.37 bits per heavy atom. The molecule has 1 saturated heterocycles. The van der Waals surface area contributed by atoms with E-state index in [0.29, 0.717) is 25.2 Å². The Kier molecular flexibility index (Phi) is 6.01. The summed E-state index contributed by atoms with van der Waals surface area (Å²) in [6, 6.07) is 8.73. The van der Waals surface area contributed by atoms with Crippen molar-refractivity contribution in [2.75, 3.05) is 38.9 Å². The molecule has 1 aromatic carbocycles. The highest BCUT2D eigenvalue weighted by molar-refractivity contribution is 7.99. The monoisotopic (exact) mass is 281 g/mol. The van der Waals surface area contributed by atoms with E-state index in [1.165, 1.54) is 23.5 Å². The van der Waals surface area contributed by atoms with Gasteiger partial charge in [0.1, 0.15) is 12.4 Å². The molecule has 1 fully saturated rings. The number of ether oxygens (including phenoxy) is 2. The van der Waals surface area contributed by atoms with Gasteiger partial charge >= 0.3 is 0 Å². The highest BCUT2D eigenvalue weighted by Crippen LogP contribution is 2.37. The maximum atomic E-state index is 5.85. The number of hydrogen-bond donors (Lipinski definition) is 1. The third kappa shape index (κ3) is 3.88. The van der Waals surface area contributed by atoms with Crippen LogP contribution in [-0.4, -0.2) is 38.9 Å². The Morgan fingerprint density at radius 3 is 2.89 bits per heavy atom. The van der Waals surface area contributed by atoms with E-state index in [2.05, 4.69) is 23.5 Å². The summed E-state index contributed by atoms with van der Waals surface area (Å²) in [6.07, 6.45) is 1.28. The van der Waals surface area contributed by atoms with Crippen LogP contribution >= 0.6 is 11.8 Å². The Labute approximate surface area is 120 Å². The Balaban J connectivity index is 2.11. The molecule has 1 aliphatic heterocycles. The molecule has 3 nitrogen and oxygen atoms in total. The molecule has 2 atom stereocenters. The van der Waals surface area contributed by atoms with Gasteiger partial charge in [-0.1, -0.05) is 18.2 Å². The van der Waals surface area contributed by atoms with Gasteiger partial charge < -0.3 is 14.8 Å². The van der Waals surface area contributed by atoms with E-state index >= 15 is 0 Å². The fourth-order valence-electron chi connectivity index (χ4n) is 2.56. The van der Waals surface area contributed by atoms with E-state index in [9.17, 15) is 0 Å². The summed E-state index contributed by atoms with van der Waals surface area (Å²) in [6.45, 7) is 1.22. The van der Waals surface area contributed by atoms with Crippen molar-refractivity contribution in [3.05, 3.63) is 29.8 Å². The van der Waals surface area contributed by atoms with Crippen LogP contribution in [0.1, 0.15) is 18.0 Å². The van der Waals surface area contributed by atoms with E-state index in [4.69, 9.17) is 9.47 Å². The van der Waals surface area contributed by atoms with Crippen molar-refractivity contribution in [2.24, 2.45) is 5.92 Å². The number of para-hydroxylation sites is 1. The molecule has 4 heteroatoms. The topological polar surface area (TPSA) is 30.5 Å². The van der Waals surface area contributed by atoms with Crippen LogP contribution in [0.25, 0.3) is 0 Å². The van der Waals surface area contributed by atoms with Crippen LogP contribution in [0.4, 0.5) is 0 Å². The number of nitrogens with one attached hydrogen (secondary N) is 1. The van der Waals surface area contributed by atoms with Crippen LogP contribution in [0, 0.1) is 5.92 Å². The molecule has 0 aliphatic carbocycles. The molecule has 19 heavy (non-hydrogen) atoms. The molecule has 1 aromatic rings. The Morgan fingerprint density at radius 2 is 2.21 bits per heavy atom. The molecule has 0 radical (unpaired) electrons. The molecule has 2 rings (SSSR count). The molecular formula is C15H23NO2S. The standard InChI is InChI=1S/C15H23NO2S/c1-16-15(12-7-10-19-11-12)13-5-3-4-6-14(13)18-9-8-17-2/h3-6,12,15-16H,7-11H2,1-2H3. The van der Waals surface area contributed by atoms with Gasteiger partial charge in [0.25, 0.3) is 0 Å². The molecule has 1 heterocycles. The molecule has 1 aliphatic rings. The zero-order chi connectivity index (χ0) is 13.5. The molecule has 2 unspecified atom stereocenters. The van der Waals surface area contributed by atoms with E-state index in [1.807, 2.05) is 24.9 Å². The summed E-state index contributed by atoms with van der Waals surface area (Å²) in [7, 11) is 3.74. The molecule has 0 saturated carbocycles.